The fraction of sp³-hybridized carbons (Fsp3) is 1.00. The molecular formula is C18H35NO. The topological polar surface area (TPSA) is 21.3 Å². The van der Waals surface area contributed by atoms with Crippen LogP contribution in [0.1, 0.15) is 73.1 Å². The van der Waals surface area contributed by atoms with Crippen molar-refractivity contribution < 1.29 is 4.74 Å². The van der Waals surface area contributed by atoms with Crippen molar-refractivity contribution in [1.29, 1.82) is 0 Å². The van der Waals surface area contributed by atoms with Gasteiger partial charge < -0.3 is 10.1 Å². The molecule has 3 unspecified atom stereocenters. The van der Waals surface area contributed by atoms with Gasteiger partial charge in [-0.1, -0.05) is 34.6 Å². The third kappa shape index (κ3) is 3.06. The molecule has 2 heteroatoms. The molecule has 2 nitrogen and oxygen atoms in total. The average Bonchev–Trinajstić information content (AvgIpc) is 2.70. The molecule has 0 heterocycles. The van der Waals surface area contributed by atoms with Gasteiger partial charge in [0.15, 0.2) is 0 Å². The third-order valence-electron chi connectivity index (χ3n) is 6.41. The largest absolute Gasteiger partial charge is 0.378 e. The first-order valence-electron chi connectivity index (χ1n) is 8.73. The van der Waals surface area contributed by atoms with E-state index in [4.69, 9.17) is 4.74 Å². The zero-order chi connectivity index (χ0) is 14.8. The van der Waals surface area contributed by atoms with Gasteiger partial charge >= 0.3 is 0 Å². The van der Waals surface area contributed by atoms with Gasteiger partial charge in [-0.15, -0.1) is 0 Å². The van der Waals surface area contributed by atoms with Gasteiger partial charge in [0, 0.05) is 12.6 Å². The maximum absolute atomic E-state index is 6.28. The zero-order valence-corrected chi connectivity index (χ0v) is 14.3. The average molecular weight is 281 g/mol. The van der Waals surface area contributed by atoms with Gasteiger partial charge in [0.1, 0.15) is 0 Å². The summed E-state index contributed by atoms with van der Waals surface area (Å²) in [6.07, 6.45) is 8.39. The highest BCUT2D eigenvalue weighted by Gasteiger charge is 2.61. The first-order chi connectivity index (χ1) is 9.38. The molecule has 0 aromatic rings. The molecule has 0 aromatic carbocycles. The summed E-state index contributed by atoms with van der Waals surface area (Å²) in [4.78, 5) is 0. The Kier molecular flexibility index (Phi) is 5.18. The Labute approximate surface area is 126 Å². The summed E-state index contributed by atoms with van der Waals surface area (Å²) in [6.45, 7) is 13.9. The highest BCUT2D eigenvalue weighted by molar-refractivity contribution is 5.11. The van der Waals surface area contributed by atoms with Crippen LogP contribution in [0.25, 0.3) is 0 Å². The first-order valence-corrected chi connectivity index (χ1v) is 8.73. The maximum atomic E-state index is 6.28. The summed E-state index contributed by atoms with van der Waals surface area (Å²) in [5.74, 6) is 0.896. The van der Waals surface area contributed by atoms with E-state index in [0.29, 0.717) is 23.0 Å². The molecule has 118 valence electrons. The van der Waals surface area contributed by atoms with Crippen molar-refractivity contribution in [2.24, 2.45) is 16.7 Å². The van der Waals surface area contributed by atoms with E-state index < -0.39 is 0 Å². The summed E-state index contributed by atoms with van der Waals surface area (Å²) >= 11 is 0. The minimum Gasteiger partial charge on any atom is -0.378 e. The van der Waals surface area contributed by atoms with Crippen molar-refractivity contribution in [1.82, 2.24) is 5.32 Å². The van der Waals surface area contributed by atoms with Crippen molar-refractivity contribution >= 4 is 0 Å². The number of unbranched alkanes of at least 4 members (excludes halogenated alkanes) is 2. The minimum absolute atomic E-state index is 0.427. The second-order valence-electron chi connectivity index (χ2n) is 8.14. The Morgan fingerprint density at radius 1 is 1.15 bits per heavy atom. The summed E-state index contributed by atoms with van der Waals surface area (Å²) < 4.78 is 6.28. The normalized spacial score (nSPS) is 35.1. The quantitative estimate of drug-likeness (QED) is 0.666. The van der Waals surface area contributed by atoms with Crippen LogP contribution in [0.4, 0.5) is 0 Å². The lowest BCUT2D eigenvalue weighted by Crippen LogP contribution is -2.37. The van der Waals surface area contributed by atoms with Crippen LogP contribution < -0.4 is 5.32 Å². The fourth-order valence-corrected chi connectivity index (χ4v) is 4.40. The summed E-state index contributed by atoms with van der Waals surface area (Å²) in [5.41, 5.74) is 0.912. The molecular weight excluding hydrogens is 246 g/mol. The number of hydrogen-bond acceptors (Lipinski definition) is 2. The molecule has 0 spiro atoms. The molecule has 1 N–H and O–H groups in total. The highest BCUT2D eigenvalue weighted by atomic mass is 16.5. The predicted octanol–water partition coefficient (Wildman–Crippen LogP) is 4.39. The van der Waals surface area contributed by atoms with E-state index in [9.17, 15) is 0 Å². The van der Waals surface area contributed by atoms with E-state index in [0.717, 1.165) is 19.1 Å². The van der Waals surface area contributed by atoms with Gasteiger partial charge in [0.25, 0.3) is 0 Å². The molecule has 2 aliphatic rings. The number of rotatable bonds is 8. The molecule has 0 radical (unpaired) electrons. The van der Waals surface area contributed by atoms with Crippen LogP contribution in [0.5, 0.6) is 0 Å². The Morgan fingerprint density at radius 2 is 1.90 bits per heavy atom. The van der Waals surface area contributed by atoms with Crippen LogP contribution in [0.2, 0.25) is 0 Å². The van der Waals surface area contributed by atoms with Crippen LogP contribution in [0.15, 0.2) is 0 Å². The van der Waals surface area contributed by atoms with Gasteiger partial charge in [-0.2, -0.15) is 0 Å². The molecule has 0 aliphatic heterocycles. The molecule has 2 saturated carbocycles. The lowest BCUT2D eigenvalue weighted by atomic mass is 9.70. The van der Waals surface area contributed by atoms with Crippen molar-refractivity contribution in [2.45, 2.75) is 85.3 Å². The SMILES string of the molecule is CC(C)NCCCCCOC1CC2CCC1(C)C2(C)C. The van der Waals surface area contributed by atoms with Crippen molar-refractivity contribution in [3.63, 3.8) is 0 Å². The smallest absolute Gasteiger partial charge is 0.0636 e. The van der Waals surface area contributed by atoms with Crippen LogP contribution in [-0.4, -0.2) is 25.3 Å². The van der Waals surface area contributed by atoms with E-state index in [1.54, 1.807) is 0 Å². The third-order valence-corrected chi connectivity index (χ3v) is 6.41. The number of nitrogens with one attached hydrogen (secondary N) is 1. The Balaban J connectivity index is 1.62. The monoisotopic (exact) mass is 281 g/mol. The molecule has 0 amide bonds. The van der Waals surface area contributed by atoms with Crippen LogP contribution in [0, 0.1) is 16.7 Å². The number of ether oxygens (including phenoxy) is 1. The molecule has 2 bridgehead atoms. The second-order valence-corrected chi connectivity index (χ2v) is 8.14. The standard InChI is InChI=1S/C18H35NO/c1-14(2)19-11-7-6-8-12-20-16-13-15-9-10-18(16,5)17(15,3)4/h14-16,19H,6-13H2,1-5H3. The maximum Gasteiger partial charge on any atom is 0.0636 e. The Hall–Kier alpha value is -0.0800. The van der Waals surface area contributed by atoms with Gasteiger partial charge in [0.2, 0.25) is 0 Å². The van der Waals surface area contributed by atoms with Gasteiger partial charge in [-0.3, -0.25) is 0 Å². The molecule has 20 heavy (non-hydrogen) atoms. The van der Waals surface area contributed by atoms with E-state index in [1.165, 1.54) is 38.5 Å². The molecule has 2 aliphatic carbocycles. The molecule has 0 saturated heterocycles. The van der Waals surface area contributed by atoms with E-state index in [2.05, 4.69) is 39.9 Å². The predicted molar refractivity (Wildman–Crippen MR) is 86.0 cm³/mol. The Morgan fingerprint density at radius 3 is 2.45 bits per heavy atom. The lowest BCUT2D eigenvalue weighted by Gasteiger charge is -2.39. The van der Waals surface area contributed by atoms with Gasteiger partial charge in [-0.25, -0.2) is 0 Å². The summed E-state index contributed by atoms with van der Waals surface area (Å²) in [6, 6.07) is 0.613. The molecule has 0 aromatic heterocycles. The van der Waals surface area contributed by atoms with Crippen molar-refractivity contribution in [3.05, 3.63) is 0 Å². The van der Waals surface area contributed by atoms with Gasteiger partial charge in [0.05, 0.1) is 6.10 Å². The van der Waals surface area contributed by atoms with Crippen LogP contribution in [0.3, 0.4) is 0 Å². The zero-order valence-electron chi connectivity index (χ0n) is 14.3. The molecule has 2 rings (SSSR count). The number of fused-ring (bicyclic) bond motifs is 2. The fourth-order valence-electron chi connectivity index (χ4n) is 4.40. The van der Waals surface area contributed by atoms with Crippen molar-refractivity contribution in [3.8, 4) is 0 Å². The van der Waals surface area contributed by atoms with E-state index in [1.807, 2.05) is 0 Å². The Bertz CT molecular complexity index is 313. The molecule has 3 atom stereocenters. The number of hydrogen-bond donors (Lipinski definition) is 1. The van der Waals surface area contributed by atoms with Gasteiger partial charge in [-0.05, 0) is 61.8 Å². The van der Waals surface area contributed by atoms with Crippen molar-refractivity contribution in [2.75, 3.05) is 13.2 Å². The summed E-state index contributed by atoms with van der Waals surface area (Å²) in [7, 11) is 0. The second kappa shape index (κ2) is 6.36. The highest BCUT2D eigenvalue weighted by Crippen LogP contribution is 2.66. The summed E-state index contributed by atoms with van der Waals surface area (Å²) in [5, 5.41) is 3.48. The van der Waals surface area contributed by atoms with Crippen LogP contribution in [-0.2, 0) is 4.74 Å². The van der Waals surface area contributed by atoms with E-state index in [-0.39, 0.29) is 0 Å². The molecule has 2 fully saturated rings. The van der Waals surface area contributed by atoms with E-state index >= 15 is 0 Å². The lowest BCUT2D eigenvalue weighted by molar-refractivity contribution is -0.0475. The minimum atomic E-state index is 0.427. The first kappa shape index (κ1) is 16.3. The van der Waals surface area contributed by atoms with Crippen LogP contribution >= 0.6 is 0 Å².